The lowest BCUT2D eigenvalue weighted by Gasteiger charge is -2.36. The Bertz CT molecular complexity index is 1330. The van der Waals surface area contributed by atoms with Crippen molar-refractivity contribution in [3.8, 4) is 5.75 Å². The number of halogens is 3. The first-order chi connectivity index (χ1) is 18.6. The molecule has 1 saturated carbocycles. The number of carbonyl (C=O) groups excluding carboxylic acids is 1. The number of carbonyl (C=O) groups is 1. The van der Waals surface area contributed by atoms with Gasteiger partial charge in [-0.2, -0.15) is 8.42 Å². The summed E-state index contributed by atoms with van der Waals surface area (Å²) in [6.07, 6.45) is 10.4. The molecule has 0 unspecified atom stereocenters. The molecule has 2 aliphatic rings. The van der Waals surface area contributed by atoms with Crippen LogP contribution in [0.5, 0.6) is 5.75 Å². The highest BCUT2D eigenvalue weighted by atomic mass is 35.5. The number of rotatable bonds is 10. The van der Waals surface area contributed by atoms with E-state index in [1.165, 1.54) is 31.7 Å². The van der Waals surface area contributed by atoms with Gasteiger partial charge in [-0.3, -0.25) is 10.2 Å². The Labute approximate surface area is 259 Å². The van der Waals surface area contributed by atoms with Crippen molar-refractivity contribution in [3.63, 3.8) is 0 Å². The van der Waals surface area contributed by atoms with Crippen LogP contribution in [0, 0.1) is 5.41 Å². The molecule has 2 aromatic carbocycles. The largest absolute Gasteiger partial charge is 0.489 e. The van der Waals surface area contributed by atoms with Crippen LogP contribution in [0.1, 0.15) is 56.6 Å². The third-order valence-electron chi connectivity index (χ3n) is 7.09. The van der Waals surface area contributed by atoms with Crippen LogP contribution in [-0.2, 0) is 19.3 Å². The molecule has 4 rings (SSSR count). The molecule has 3 N–H and O–H groups in total. The molecule has 1 heterocycles. The number of piperidine rings is 1. The third kappa shape index (κ3) is 9.51. The second-order valence-corrected chi connectivity index (χ2v) is 11.8. The maximum absolute atomic E-state index is 12.9. The fourth-order valence-electron chi connectivity index (χ4n) is 5.16. The molecule has 226 valence electrons. The SMILES string of the molecule is CC(=O)OS(=O)(=O)N(C/C=C/c1cccc(C(=N)N)c1)c1ccc(OC2CCN(C3CCCC3)CC2)c(Cl)c1.Cl.Cl. The van der Waals surface area contributed by atoms with Gasteiger partial charge in [0.15, 0.2) is 0 Å². The number of hydrogen-bond acceptors (Lipinski definition) is 7. The van der Waals surface area contributed by atoms with Crippen molar-refractivity contribution in [3.05, 3.63) is 64.7 Å². The molecule has 0 spiro atoms. The fraction of sp³-hybridized carbons (Fsp3) is 0.429. The molecule has 1 aliphatic carbocycles. The number of nitrogens with two attached hydrogens (primary N) is 1. The molecule has 13 heteroatoms. The molecule has 2 fully saturated rings. The number of nitrogen functional groups attached to an aromatic ring is 1. The summed E-state index contributed by atoms with van der Waals surface area (Å²) in [6, 6.07) is 12.4. The Kier molecular flexibility index (Phi) is 13.2. The number of hydrogen-bond donors (Lipinski definition) is 2. The highest BCUT2D eigenvalue weighted by Crippen LogP contribution is 2.33. The zero-order chi connectivity index (χ0) is 28.0. The third-order valence-corrected chi connectivity index (χ3v) is 8.73. The van der Waals surface area contributed by atoms with Crippen molar-refractivity contribution in [2.45, 2.75) is 57.6 Å². The van der Waals surface area contributed by atoms with Gasteiger partial charge in [-0.05, 0) is 55.5 Å². The first kappa shape index (κ1) is 34.7. The first-order valence-corrected chi connectivity index (χ1v) is 14.9. The lowest BCUT2D eigenvalue weighted by molar-refractivity contribution is -0.131. The van der Waals surface area contributed by atoms with E-state index in [9.17, 15) is 13.2 Å². The van der Waals surface area contributed by atoms with Crippen LogP contribution >= 0.6 is 36.4 Å². The maximum atomic E-state index is 12.9. The smallest absolute Gasteiger partial charge is 0.412 e. The monoisotopic (exact) mass is 646 g/mol. The minimum absolute atomic E-state index is 0. The Balaban J connectivity index is 0.00000294. The number of likely N-dealkylation sites (tertiary alicyclic amines) is 1. The fourth-order valence-corrected chi connectivity index (χ4v) is 6.41. The number of amidine groups is 1. The van der Waals surface area contributed by atoms with Crippen molar-refractivity contribution < 1.29 is 22.1 Å². The molecule has 1 aliphatic heterocycles. The van der Waals surface area contributed by atoms with Crippen molar-refractivity contribution in [2.75, 3.05) is 23.9 Å². The zero-order valence-corrected chi connectivity index (χ0v) is 26.0. The normalized spacial score (nSPS) is 16.5. The minimum atomic E-state index is -4.45. The summed E-state index contributed by atoms with van der Waals surface area (Å²) in [5, 5.41) is 7.86. The Hall–Kier alpha value is -2.50. The molecular weight excluding hydrogens is 611 g/mol. The molecule has 0 aromatic heterocycles. The molecule has 2 aromatic rings. The second kappa shape index (κ2) is 15.7. The van der Waals surface area contributed by atoms with E-state index >= 15 is 0 Å². The minimum Gasteiger partial charge on any atom is -0.489 e. The molecule has 0 bridgehead atoms. The maximum Gasteiger partial charge on any atom is 0.412 e. The van der Waals surface area contributed by atoms with E-state index in [-0.39, 0.29) is 54.0 Å². The standard InChI is InChI=1S/C28H35ClN4O5S.2ClH/c1-20(34)38-39(35,36)33(15-5-7-21-6-4-8-22(18-21)28(30)31)24-11-12-27(26(29)19-24)37-25-13-16-32(17-14-25)23-9-2-3-10-23;;/h4-8,11-12,18-19,23,25H,2-3,9-10,13-17H2,1H3,(H3,30,31);2*1H/b7-5+;;. The van der Waals surface area contributed by atoms with Gasteiger partial charge in [0.05, 0.1) is 17.3 Å². The van der Waals surface area contributed by atoms with Gasteiger partial charge in [0.1, 0.15) is 17.7 Å². The van der Waals surface area contributed by atoms with Crippen LogP contribution in [0.15, 0.2) is 48.5 Å². The number of benzene rings is 2. The van der Waals surface area contributed by atoms with Crippen molar-refractivity contribution in [2.24, 2.45) is 5.73 Å². The summed E-state index contributed by atoms with van der Waals surface area (Å²) in [6.45, 7) is 2.90. The van der Waals surface area contributed by atoms with Crippen LogP contribution in [0.3, 0.4) is 0 Å². The van der Waals surface area contributed by atoms with Gasteiger partial charge in [-0.25, -0.2) is 4.31 Å². The van der Waals surface area contributed by atoms with Crippen LogP contribution in [0.2, 0.25) is 5.02 Å². The Morgan fingerprint density at radius 1 is 1.12 bits per heavy atom. The second-order valence-electron chi connectivity index (χ2n) is 9.91. The van der Waals surface area contributed by atoms with Crippen LogP contribution in [0.25, 0.3) is 6.08 Å². The van der Waals surface area contributed by atoms with Crippen molar-refractivity contribution in [1.29, 1.82) is 5.41 Å². The average Bonchev–Trinajstić information content (AvgIpc) is 3.43. The Morgan fingerprint density at radius 2 is 1.80 bits per heavy atom. The quantitative estimate of drug-likeness (QED) is 0.255. The van der Waals surface area contributed by atoms with Crippen molar-refractivity contribution >= 4 is 70.3 Å². The molecule has 41 heavy (non-hydrogen) atoms. The summed E-state index contributed by atoms with van der Waals surface area (Å²) >= 11 is 6.54. The number of ether oxygens (including phenoxy) is 1. The van der Waals surface area contributed by atoms with E-state index in [4.69, 9.17) is 27.5 Å². The molecule has 0 radical (unpaired) electrons. The van der Waals surface area contributed by atoms with Gasteiger partial charge in [0.2, 0.25) is 0 Å². The van der Waals surface area contributed by atoms with Crippen LogP contribution < -0.4 is 14.8 Å². The highest BCUT2D eigenvalue weighted by Gasteiger charge is 2.29. The predicted octanol–water partition coefficient (Wildman–Crippen LogP) is 5.58. The van der Waals surface area contributed by atoms with Gasteiger partial charge >= 0.3 is 16.3 Å². The number of anilines is 1. The van der Waals surface area contributed by atoms with E-state index in [0.29, 0.717) is 17.4 Å². The molecule has 0 amide bonds. The molecule has 9 nitrogen and oxygen atoms in total. The van der Waals surface area contributed by atoms with Crippen LogP contribution in [-0.4, -0.2) is 56.9 Å². The summed E-state index contributed by atoms with van der Waals surface area (Å²) in [4.78, 5) is 14.1. The van der Waals surface area contributed by atoms with E-state index in [2.05, 4.69) is 9.08 Å². The summed E-state index contributed by atoms with van der Waals surface area (Å²) in [5.41, 5.74) is 7.06. The molecule has 0 atom stereocenters. The molecule has 1 saturated heterocycles. The zero-order valence-electron chi connectivity index (χ0n) is 22.8. The number of nitrogens with zero attached hydrogens (tertiary/aromatic N) is 2. The highest BCUT2D eigenvalue weighted by molar-refractivity contribution is 7.88. The average molecular weight is 648 g/mol. The predicted molar refractivity (Wildman–Crippen MR) is 168 cm³/mol. The Morgan fingerprint density at radius 3 is 2.41 bits per heavy atom. The van der Waals surface area contributed by atoms with E-state index < -0.39 is 16.3 Å². The lowest BCUT2D eigenvalue weighted by Crippen LogP contribution is -2.43. The first-order valence-electron chi connectivity index (χ1n) is 13.2. The summed E-state index contributed by atoms with van der Waals surface area (Å²) in [5.74, 6) is -0.532. The van der Waals surface area contributed by atoms with Crippen LogP contribution in [0.4, 0.5) is 5.69 Å². The van der Waals surface area contributed by atoms with Gasteiger partial charge in [-0.1, -0.05) is 54.8 Å². The van der Waals surface area contributed by atoms with E-state index in [0.717, 1.165) is 42.7 Å². The van der Waals surface area contributed by atoms with E-state index in [1.54, 1.807) is 48.6 Å². The van der Waals surface area contributed by atoms with Gasteiger partial charge < -0.3 is 19.6 Å². The van der Waals surface area contributed by atoms with Gasteiger partial charge in [-0.15, -0.1) is 24.8 Å². The summed E-state index contributed by atoms with van der Waals surface area (Å²) < 4.78 is 37.6. The van der Waals surface area contributed by atoms with Gasteiger partial charge in [0.25, 0.3) is 0 Å². The van der Waals surface area contributed by atoms with E-state index in [1.807, 2.05) is 0 Å². The number of nitrogens with one attached hydrogen (secondary N) is 1. The van der Waals surface area contributed by atoms with Gasteiger partial charge in [0, 0.05) is 31.6 Å². The van der Waals surface area contributed by atoms with Crippen molar-refractivity contribution in [1.82, 2.24) is 4.90 Å². The lowest BCUT2D eigenvalue weighted by atomic mass is 10.0. The summed E-state index contributed by atoms with van der Waals surface area (Å²) in [7, 11) is -4.45. The topological polar surface area (TPSA) is 126 Å². The molecular formula is C28H37Cl3N4O5S.